The van der Waals surface area contributed by atoms with Crippen LogP contribution in [0.3, 0.4) is 0 Å². The van der Waals surface area contributed by atoms with Gasteiger partial charge in [0.2, 0.25) is 11.8 Å². The zero-order chi connectivity index (χ0) is 29.0. The van der Waals surface area contributed by atoms with Crippen molar-refractivity contribution in [1.82, 2.24) is 15.1 Å². The first kappa shape index (κ1) is 29.8. The molecule has 0 aromatic heterocycles. The van der Waals surface area contributed by atoms with Crippen molar-refractivity contribution in [3.8, 4) is 0 Å². The maximum atomic E-state index is 13.5. The van der Waals surface area contributed by atoms with Crippen molar-refractivity contribution in [3.63, 3.8) is 0 Å². The molecule has 41 heavy (non-hydrogen) atoms. The van der Waals surface area contributed by atoms with Gasteiger partial charge in [-0.25, -0.2) is 8.42 Å². The first-order valence-corrected chi connectivity index (χ1v) is 17.2. The van der Waals surface area contributed by atoms with Crippen molar-refractivity contribution in [2.24, 2.45) is 17.3 Å². The summed E-state index contributed by atoms with van der Waals surface area (Å²) in [4.78, 5) is 31.4. The molecule has 2 aromatic rings. The number of sulfone groups is 1. The van der Waals surface area contributed by atoms with E-state index in [1.807, 2.05) is 35.2 Å². The first-order chi connectivity index (χ1) is 19.6. The van der Waals surface area contributed by atoms with Gasteiger partial charge in [0.05, 0.1) is 16.4 Å². The normalized spacial score (nSPS) is 21.3. The fourth-order valence-corrected chi connectivity index (χ4v) is 7.70. The van der Waals surface area contributed by atoms with Crippen molar-refractivity contribution in [2.75, 3.05) is 32.4 Å². The molecule has 1 unspecified atom stereocenters. The van der Waals surface area contributed by atoms with E-state index < -0.39 is 9.84 Å². The van der Waals surface area contributed by atoms with E-state index in [2.05, 4.69) is 29.3 Å². The molecule has 3 aliphatic rings. The van der Waals surface area contributed by atoms with E-state index in [4.69, 9.17) is 0 Å². The summed E-state index contributed by atoms with van der Waals surface area (Å²) in [5.41, 5.74) is 1.82. The Bertz CT molecular complexity index is 1300. The van der Waals surface area contributed by atoms with Gasteiger partial charge in [-0.05, 0) is 80.8 Å². The lowest BCUT2D eigenvalue weighted by Gasteiger charge is -2.38. The van der Waals surface area contributed by atoms with Gasteiger partial charge in [-0.3, -0.25) is 9.59 Å². The molecule has 3 fully saturated rings. The Hall–Kier alpha value is -2.71. The number of nitrogens with zero attached hydrogens (tertiary/aromatic N) is 2. The number of carbonyl (C=O) groups is 2. The number of nitrogens with one attached hydrogen (secondary N) is 1. The number of amides is 2. The second-order valence-corrected chi connectivity index (χ2v) is 14.6. The number of piperidine rings is 1. The summed E-state index contributed by atoms with van der Waals surface area (Å²) in [6, 6.07) is 17.2. The van der Waals surface area contributed by atoms with E-state index in [0.717, 1.165) is 75.8 Å². The summed E-state index contributed by atoms with van der Waals surface area (Å²) in [6.45, 7) is 6.01. The van der Waals surface area contributed by atoms with Crippen LogP contribution >= 0.6 is 0 Å². The molecule has 2 aliphatic heterocycles. The van der Waals surface area contributed by atoms with E-state index in [0.29, 0.717) is 17.4 Å². The maximum Gasteiger partial charge on any atom is 0.229 e. The Morgan fingerprint density at radius 3 is 2.24 bits per heavy atom. The number of hydrogen-bond acceptors (Lipinski definition) is 5. The quantitative estimate of drug-likeness (QED) is 0.429. The molecule has 8 heteroatoms. The molecule has 0 bridgehead atoms. The second-order valence-electron chi connectivity index (χ2n) is 12.6. The van der Waals surface area contributed by atoms with Crippen LogP contribution in [0.5, 0.6) is 0 Å². The van der Waals surface area contributed by atoms with Crippen molar-refractivity contribution in [1.29, 1.82) is 0 Å². The summed E-state index contributed by atoms with van der Waals surface area (Å²) in [5, 5.41) is 3.39. The average Bonchev–Trinajstić information content (AvgIpc) is 3.61. The molecule has 1 saturated carbocycles. The first-order valence-electron chi connectivity index (χ1n) is 15.3. The van der Waals surface area contributed by atoms with Crippen molar-refractivity contribution < 1.29 is 18.0 Å². The molecule has 2 heterocycles. The van der Waals surface area contributed by atoms with Crippen molar-refractivity contribution in [3.05, 3.63) is 65.7 Å². The number of benzene rings is 2. The summed E-state index contributed by atoms with van der Waals surface area (Å²) in [5.74, 6) is 0.957. The predicted molar refractivity (Wildman–Crippen MR) is 161 cm³/mol. The minimum absolute atomic E-state index is 0.0128. The van der Waals surface area contributed by atoms with E-state index in [9.17, 15) is 18.0 Å². The van der Waals surface area contributed by atoms with Crippen molar-refractivity contribution in [2.45, 2.75) is 75.8 Å². The minimum Gasteiger partial charge on any atom is -0.349 e. The van der Waals surface area contributed by atoms with E-state index in [1.165, 1.54) is 19.1 Å². The lowest BCUT2D eigenvalue weighted by Crippen LogP contribution is -2.45. The molecule has 2 saturated heterocycles. The number of carbonyl (C=O) groups excluding carboxylic acids is 2. The van der Waals surface area contributed by atoms with Crippen LogP contribution < -0.4 is 5.32 Å². The predicted octanol–water partition coefficient (Wildman–Crippen LogP) is 4.98. The molecule has 5 rings (SSSR count). The molecular formula is C33H45N3O4S. The highest BCUT2D eigenvalue weighted by Crippen LogP contribution is 2.42. The van der Waals surface area contributed by atoms with Gasteiger partial charge in [-0.15, -0.1) is 0 Å². The lowest BCUT2D eigenvalue weighted by molar-refractivity contribution is -0.139. The minimum atomic E-state index is -3.23. The van der Waals surface area contributed by atoms with Crippen LogP contribution in [0.1, 0.15) is 75.5 Å². The van der Waals surface area contributed by atoms with Gasteiger partial charge >= 0.3 is 0 Å². The largest absolute Gasteiger partial charge is 0.349 e. The Morgan fingerprint density at radius 1 is 0.976 bits per heavy atom. The molecule has 0 radical (unpaired) electrons. The lowest BCUT2D eigenvalue weighted by atomic mass is 9.77. The van der Waals surface area contributed by atoms with Crippen LogP contribution in [0, 0.1) is 17.3 Å². The maximum absolute atomic E-state index is 13.5. The Kier molecular flexibility index (Phi) is 9.19. The average molecular weight is 580 g/mol. The molecule has 2 aromatic carbocycles. The summed E-state index contributed by atoms with van der Waals surface area (Å²) >= 11 is 0. The Balaban J connectivity index is 1.14. The topological polar surface area (TPSA) is 86.8 Å². The molecule has 1 N–H and O–H groups in total. The van der Waals surface area contributed by atoms with Crippen LogP contribution in [-0.4, -0.2) is 62.5 Å². The van der Waals surface area contributed by atoms with Crippen LogP contribution in [0.15, 0.2) is 59.5 Å². The highest BCUT2D eigenvalue weighted by atomic mass is 32.2. The Labute approximate surface area is 245 Å². The van der Waals surface area contributed by atoms with E-state index >= 15 is 0 Å². The van der Waals surface area contributed by atoms with Crippen LogP contribution in [0.25, 0.3) is 0 Å². The highest BCUT2D eigenvalue weighted by Gasteiger charge is 2.47. The van der Waals surface area contributed by atoms with E-state index in [1.54, 1.807) is 12.1 Å². The molecule has 222 valence electrons. The zero-order valence-corrected chi connectivity index (χ0v) is 25.4. The van der Waals surface area contributed by atoms with Gasteiger partial charge < -0.3 is 15.1 Å². The van der Waals surface area contributed by atoms with Crippen LogP contribution in [-0.2, 0) is 26.0 Å². The molecule has 1 aliphatic carbocycles. The number of hydrogen-bond donors (Lipinski definition) is 1. The summed E-state index contributed by atoms with van der Waals surface area (Å²) < 4.78 is 23.5. The Morgan fingerprint density at radius 2 is 1.61 bits per heavy atom. The van der Waals surface area contributed by atoms with Crippen LogP contribution in [0.2, 0.25) is 0 Å². The zero-order valence-electron chi connectivity index (χ0n) is 24.6. The van der Waals surface area contributed by atoms with Gasteiger partial charge in [0, 0.05) is 31.8 Å². The van der Waals surface area contributed by atoms with Gasteiger partial charge in [-0.1, -0.05) is 62.2 Å². The second kappa shape index (κ2) is 12.7. The molecule has 2 amide bonds. The van der Waals surface area contributed by atoms with Gasteiger partial charge in [-0.2, -0.15) is 0 Å². The van der Waals surface area contributed by atoms with Gasteiger partial charge in [0.25, 0.3) is 0 Å². The smallest absolute Gasteiger partial charge is 0.229 e. The third kappa shape index (κ3) is 7.03. The van der Waals surface area contributed by atoms with Gasteiger partial charge in [0.15, 0.2) is 9.84 Å². The van der Waals surface area contributed by atoms with Crippen LogP contribution in [0.4, 0.5) is 0 Å². The van der Waals surface area contributed by atoms with E-state index in [-0.39, 0.29) is 29.2 Å². The fourth-order valence-electron chi connectivity index (χ4n) is 7.07. The third-order valence-corrected chi connectivity index (χ3v) is 11.0. The summed E-state index contributed by atoms with van der Waals surface area (Å²) in [6.07, 6.45) is 9.44. The van der Waals surface area contributed by atoms with Crippen molar-refractivity contribution >= 4 is 21.7 Å². The number of rotatable bonds is 10. The standard InChI is InChI=1S/C33H45N3O4S/c1-25(27-8-6-7-9-27)31(37)34-30(28-10-4-3-5-11-28)16-20-35-21-17-33(18-22-35)19-23-36(32(33)38)24-26-12-14-29(15-13-26)41(2,39)40/h3-5,10-15,25,27,30H,6-9,16-24H2,1-2H3,(H,34,37)/t25?,30-/m0/s1. The highest BCUT2D eigenvalue weighted by molar-refractivity contribution is 7.90. The third-order valence-electron chi connectivity index (χ3n) is 9.91. The molecule has 2 atom stereocenters. The fraction of sp³-hybridized carbons (Fsp3) is 0.576. The molecule has 1 spiro atoms. The monoisotopic (exact) mass is 579 g/mol. The SMILES string of the molecule is CC(C(=O)N[C@@H](CCN1CCC2(CC1)CCN(Cc1ccc(S(C)(=O)=O)cc1)C2=O)c1ccccc1)C1CCCC1. The molecule has 7 nitrogen and oxygen atoms in total. The summed E-state index contributed by atoms with van der Waals surface area (Å²) in [7, 11) is -3.23. The molecular weight excluding hydrogens is 534 g/mol. The van der Waals surface area contributed by atoms with Gasteiger partial charge in [0.1, 0.15) is 0 Å². The number of likely N-dealkylation sites (tertiary alicyclic amines) is 2.